The highest BCUT2D eigenvalue weighted by Gasteiger charge is 2.24. The molecule has 0 radical (unpaired) electrons. The first-order valence-electron chi connectivity index (χ1n) is 7.17. The SMILES string of the molecule is CCC1CCCN(S(=O)(=O)CCNC(C)C)CC1. The third-order valence-corrected chi connectivity index (χ3v) is 5.56. The fraction of sp³-hybridized carbons (Fsp3) is 1.00. The number of rotatable bonds is 6. The van der Waals surface area contributed by atoms with Crippen molar-refractivity contribution in [3.8, 4) is 0 Å². The van der Waals surface area contributed by atoms with Gasteiger partial charge in [-0.25, -0.2) is 12.7 Å². The van der Waals surface area contributed by atoms with E-state index in [4.69, 9.17) is 0 Å². The topological polar surface area (TPSA) is 49.4 Å². The van der Waals surface area contributed by atoms with Crippen molar-refractivity contribution in [2.45, 2.75) is 52.5 Å². The minimum atomic E-state index is -3.06. The molecule has 0 aliphatic carbocycles. The Morgan fingerprint density at radius 2 is 2.00 bits per heavy atom. The van der Waals surface area contributed by atoms with Crippen molar-refractivity contribution in [1.29, 1.82) is 0 Å². The Labute approximate surface area is 112 Å². The van der Waals surface area contributed by atoms with E-state index in [2.05, 4.69) is 12.2 Å². The van der Waals surface area contributed by atoms with Crippen LogP contribution in [0.2, 0.25) is 0 Å². The molecule has 1 atom stereocenters. The van der Waals surface area contributed by atoms with Gasteiger partial charge in [-0.3, -0.25) is 0 Å². The van der Waals surface area contributed by atoms with Crippen molar-refractivity contribution in [3.05, 3.63) is 0 Å². The largest absolute Gasteiger partial charge is 0.313 e. The Hall–Kier alpha value is -0.130. The van der Waals surface area contributed by atoms with E-state index in [1.807, 2.05) is 13.8 Å². The molecule has 0 aromatic carbocycles. The van der Waals surface area contributed by atoms with Gasteiger partial charge in [0.05, 0.1) is 5.75 Å². The molecular weight excluding hydrogens is 248 g/mol. The molecule has 0 saturated carbocycles. The normalized spacial score (nSPS) is 23.2. The zero-order valence-electron chi connectivity index (χ0n) is 12.0. The molecule has 108 valence electrons. The van der Waals surface area contributed by atoms with Crippen LogP contribution in [-0.2, 0) is 10.0 Å². The van der Waals surface area contributed by atoms with E-state index in [0.29, 0.717) is 31.6 Å². The summed E-state index contributed by atoms with van der Waals surface area (Å²) in [6, 6.07) is 0.341. The third-order valence-electron chi connectivity index (χ3n) is 3.69. The van der Waals surface area contributed by atoms with Crippen LogP contribution in [0.5, 0.6) is 0 Å². The van der Waals surface area contributed by atoms with Gasteiger partial charge in [0.1, 0.15) is 0 Å². The maximum absolute atomic E-state index is 12.2. The van der Waals surface area contributed by atoms with E-state index < -0.39 is 10.0 Å². The maximum Gasteiger partial charge on any atom is 0.215 e. The summed E-state index contributed by atoms with van der Waals surface area (Å²) in [4.78, 5) is 0. The smallest absolute Gasteiger partial charge is 0.215 e. The number of hydrogen-bond donors (Lipinski definition) is 1. The van der Waals surface area contributed by atoms with Gasteiger partial charge in [-0.1, -0.05) is 27.2 Å². The summed E-state index contributed by atoms with van der Waals surface area (Å²) in [5, 5.41) is 3.17. The standard InChI is InChI=1S/C13H28N2O2S/c1-4-13-6-5-9-15(10-7-13)18(16,17)11-8-14-12(2)3/h12-14H,4-11H2,1-3H3. The Morgan fingerprint density at radius 1 is 1.28 bits per heavy atom. The molecule has 0 bridgehead atoms. The van der Waals surface area contributed by atoms with Crippen molar-refractivity contribution < 1.29 is 8.42 Å². The molecule has 18 heavy (non-hydrogen) atoms. The van der Waals surface area contributed by atoms with Gasteiger partial charge in [-0.05, 0) is 25.2 Å². The number of nitrogens with zero attached hydrogens (tertiary/aromatic N) is 1. The van der Waals surface area contributed by atoms with Gasteiger partial charge in [0.15, 0.2) is 0 Å². The van der Waals surface area contributed by atoms with Gasteiger partial charge in [0, 0.05) is 25.7 Å². The molecule has 5 heteroatoms. The van der Waals surface area contributed by atoms with Gasteiger partial charge in [-0.15, -0.1) is 0 Å². The Kier molecular flexibility index (Phi) is 6.60. The average Bonchev–Trinajstić information content (AvgIpc) is 2.53. The molecule has 1 saturated heterocycles. The molecule has 1 rings (SSSR count). The highest BCUT2D eigenvalue weighted by molar-refractivity contribution is 7.89. The minimum absolute atomic E-state index is 0.224. The van der Waals surface area contributed by atoms with Crippen LogP contribution in [0.15, 0.2) is 0 Å². The van der Waals surface area contributed by atoms with E-state index in [1.165, 1.54) is 12.8 Å². The fourth-order valence-electron chi connectivity index (χ4n) is 2.43. The second-order valence-electron chi connectivity index (χ2n) is 5.53. The summed E-state index contributed by atoms with van der Waals surface area (Å²) >= 11 is 0. The van der Waals surface area contributed by atoms with Crippen molar-refractivity contribution in [3.63, 3.8) is 0 Å². The first-order valence-corrected chi connectivity index (χ1v) is 8.77. The lowest BCUT2D eigenvalue weighted by molar-refractivity contribution is 0.406. The van der Waals surface area contributed by atoms with E-state index in [9.17, 15) is 8.42 Å². The molecule has 0 aromatic rings. The van der Waals surface area contributed by atoms with Crippen molar-refractivity contribution >= 4 is 10.0 Å². The van der Waals surface area contributed by atoms with E-state index in [1.54, 1.807) is 4.31 Å². The third kappa shape index (κ3) is 5.24. The predicted octanol–water partition coefficient (Wildman–Crippen LogP) is 1.83. The van der Waals surface area contributed by atoms with Crippen LogP contribution in [0.4, 0.5) is 0 Å². The summed E-state index contributed by atoms with van der Waals surface area (Å²) in [6.45, 7) is 8.23. The van der Waals surface area contributed by atoms with Crippen molar-refractivity contribution in [2.75, 3.05) is 25.4 Å². The molecule has 1 heterocycles. The van der Waals surface area contributed by atoms with Crippen LogP contribution < -0.4 is 5.32 Å². The minimum Gasteiger partial charge on any atom is -0.313 e. The first kappa shape index (κ1) is 15.9. The van der Waals surface area contributed by atoms with Gasteiger partial charge in [0.2, 0.25) is 10.0 Å². The van der Waals surface area contributed by atoms with Crippen LogP contribution in [0, 0.1) is 5.92 Å². The predicted molar refractivity (Wildman–Crippen MR) is 76.1 cm³/mol. The van der Waals surface area contributed by atoms with Crippen LogP contribution >= 0.6 is 0 Å². The molecule has 1 aliphatic heterocycles. The average molecular weight is 276 g/mol. The van der Waals surface area contributed by atoms with Crippen molar-refractivity contribution in [2.24, 2.45) is 5.92 Å². The molecule has 1 N–H and O–H groups in total. The Balaban J connectivity index is 2.46. The number of hydrogen-bond acceptors (Lipinski definition) is 3. The Morgan fingerprint density at radius 3 is 2.61 bits per heavy atom. The van der Waals surface area contributed by atoms with Gasteiger partial charge < -0.3 is 5.32 Å². The molecule has 0 amide bonds. The summed E-state index contributed by atoms with van der Waals surface area (Å²) in [6.07, 6.45) is 4.37. The first-order chi connectivity index (χ1) is 8.45. The molecule has 0 aromatic heterocycles. The molecule has 1 unspecified atom stereocenters. The quantitative estimate of drug-likeness (QED) is 0.805. The zero-order valence-corrected chi connectivity index (χ0v) is 12.8. The van der Waals surface area contributed by atoms with E-state index >= 15 is 0 Å². The lowest BCUT2D eigenvalue weighted by Crippen LogP contribution is -2.38. The number of nitrogens with one attached hydrogen (secondary N) is 1. The molecule has 4 nitrogen and oxygen atoms in total. The van der Waals surface area contributed by atoms with Crippen molar-refractivity contribution in [1.82, 2.24) is 9.62 Å². The summed E-state index contributed by atoms with van der Waals surface area (Å²) in [7, 11) is -3.06. The number of sulfonamides is 1. The second-order valence-corrected chi connectivity index (χ2v) is 7.62. The van der Waals surface area contributed by atoms with Crippen LogP contribution in [-0.4, -0.2) is 44.2 Å². The monoisotopic (exact) mass is 276 g/mol. The Bertz CT molecular complexity index is 328. The molecule has 1 fully saturated rings. The molecule has 1 aliphatic rings. The lowest BCUT2D eigenvalue weighted by Gasteiger charge is -2.20. The van der Waals surface area contributed by atoms with Gasteiger partial charge >= 0.3 is 0 Å². The maximum atomic E-state index is 12.2. The van der Waals surface area contributed by atoms with E-state index in [0.717, 1.165) is 12.8 Å². The second kappa shape index (κ2) is 7.46. The highest BCUT2D eigenvalue weighted by Crippen LogP contribution is 2.21. The van der Waals surface area contributed by atoms with Crippen LogP contribution in [0.3, 0.4) is 0 Å². The zero-order chi connectivity index (χ0) is 13.6. The molecule has 0 spiro atoms. The van der Waals surface area contributed by atoms with Crippen LogP contribution in [0.25, 0.3) is 0 Å². The summed E-state index contributed by atoms with van der Waals surface area (Å²) in [5.41, 5.74) is 0. The van der Waals surface area contributed by atoms with Gasteiger partial charge in [-0.2, -0.15) is 0 Å². The highest BCUT2D eigenvalue weighted by atomic mass is 32.2. The summed E-state index contributed by atoms with van der Waals surface area (Å²) < 4.78 is 26.1. The lowest BCUT2D eigenvalue weighted by atomic mass is 9.98. The molecular formula is C13H28N2O2S. The fourth-order valence-corrected chi connectivity index (χ4v) is 3.86. The van der Waals surface area contributed by atoms with Gasteiger partial charge in [0.25, 0.3) is 0 Å². The van der Waals surface area contributed by atoms with Crippen LogP contribution in [0.1, 0.15) is 46.5 Å². The van der Waals surface area contributed by atoms with E-state index in [-0.39, 0.29) is 5.75 Å². The summed E-state index contributed by atoms with van der Waals surface area (Å²) in [5.74, 6) is 0.932.